The Hall–Kier alpha value is -3.48. The first-order valence-electron chi connectivity index (χ1n) is 11.6. The number of aromatic nitrogens is 4. The van der Waals surface area contributed by atoms with Crippen LogP contribution in [-0.2, 0) is 20.4 Å². The molecule has 2 aliphatic rings. The summed E-state index contributed by atoms with van der Waals surface area (Å²) in [5.41, 5.74) is 3.18. The van der Waals surface area contributed by atoms with E-state index in [-0.39, 0.29) is 5.41 Å². The Labute approximate surface area is 192 Å². The van der Waals surface area contributed by atoms with Crippen LogP contribution in [0.4, 0.5) is 0 Å². The standard InChI is InChI=1S/C14H16N2O.C12H12N2O2/c1-2-13(17)14(7-3-8-14)11-4-5-12-6-9-15-16(12)10-11;15-11(16)12(5-1-6-12)9-2-3-10-4-7-13-14(10)8-9/h4-6,9-10H,2-3,7-8H2,1H3;2-4,7-8H,1,5-6H2,(H,15,16). The first kappa shape index (κ1) is 21.4. The van der Waals surface area contributed by atoms with Gasteiger partial charge in [-0.3, -0.25) is 9.59 Å². The zero-order chi connectivity index (χ0) is 23.1. The Morgan fingerprint density at radius 2 is 1.30 bits per heavy atom. The van der Waals surface area contributed by atoms with Crippen molar-refractivity contribution in [1.82, 2.24) is 19.2 Å². The number of rotatable bonds is 5. The Bertz CT molecular complexity index is 1330. The fraction of sp³-hybridized carbons (Fsp3) is 0.385. The van der Waals surface area contributed by atoms with Crippen molar-refractivity contribution >= 4 is 22.8 Å². The number of ketones is 1. The zero-order valence-electron chi connectivity index (χ0n) is 18.8. The van der Waals surface area contributed by atoms with Gasteiger partial charge >= 0.3 is 5.97 Å². The minimum Gasteiger partial charge on any atom is -0.481 e. The summed E-state index contributed by atoms with van der Waals surface area (Å²) in [6.07, 6.45) is 13.6. The van der Waals surface area contributed by atoms with E-state index in [0.717, 1.165) is 60.7 Å². The Morgan fingerprint density at radius 3 is 1.70 bits per heavy atom. The van der Waals surface area contributed by atoms with E-state index in [1.54, 1.807) is 16.9 Å². The highest BCUT2D eigenvalue weighted by Gasteiger charge is 2.46. The molecule has 33 heavy (non-hydrogen) atoms. The monoisotopic (exact) mass is 444 g/mol. The number of carboxylic acids is 1. The van der Waals surface area contributed by atoms with Gasteiger partial charge in [0.25, 0.3) is 0 Å². The van der Waals surface area contributed by atoms with Crippen molar-refractivity contribution in [3.05, 3.63) is 72.3 Å². The lowest BCUT2D eigenvalue weighted by molar-refractivity contribution is -0.147. The number of carboxylic acid groups (broad SMARTS) is 1. The molecule has 2 saturated carbocycles. The Balaban J connectivity index is 0.000000139. The minimum atomic E-state index is -0.717. The molecule has 7 heteroatoms. The van der Waals surface area contributed by atoms with Gasteiger partial charge in [-0.2, -0.15) is 10.2 Å². The highest BCUT2D eigenvalue weighted by Crippen LogP contribution is 2.45. The number of aliphatic carboxylic acids is 1. The lowest BCUT2D eigenvalue weighted by atomic mass is 9.62. The van der Waals surface area contributed by atoms with Crippen LogP contribution in [0.15, 0.2) is 61.2 Å². The molecule has 0 saturated heterocycles. The molecule has 7 nitrogen and oxygen atoms in total. The first-order valence-corrected chi connectivity index (χ1v) is 11.6. The number of carbonyl (C=O) groups excluding carboxylic acids is 1. The molecule has 4 aromatic rings. The number of pyridine rings is 2. The Morgan fingerprint density at radius 1 is 0.818 bits per heavy atom. The van der Waals surface area contributed by atoms with Crippen LogP contribution < -0.4 is 0 Å². The molecular weight excluding hydrogens is 416 g/mol. The van der Waals surface area contributed by atoms with Crippen molar-refractivity contribution in [2.45, 2.75) is 62.7 Å². The molecule has 0 spiro atoms. The molecule has 0 aromatic carbocycles. The summed E-state index contributed by atoms with van der Waals surface area (Å²) in [4.78, 5) is 23.5. The van der Waals surface area contributed by atoms with Crippen molar-refractivity contribution in [1.29, 1.82) is 0 Å². The first-order chi connectivity index (χ1) is 16.0. The number of nitrogens with zero attached hydrogens (tertiary/aromatic N) is 4. The van der Waals surface area contributed by atoms with Gasteiger partial charge in [0.1, 0.15) is 5.78 Å². The van der Waals surface area contributed by atoms with Gasteiger partial charge in [0.2, 0.25) is 0 Å². The van der Waals surface area contributed by atoms with Gasteiger partial charge in [0, 0.05) is 31.2 Å². The van der Waals surface area contributed by atoms with Gasteiger partial charge in [-0.05, 0) is 61.1 Å². The van der Waals surface area contributed by atoms with Crippen molar-refractivity contribution in [3.8, 4) is 0 Å². The third kappa shape index (κ3) is 3.43. The van der Waals surface area contributed by atoms with E-state index in [9.17, 15) is 14.7 Å². The van der Waals surface area contributed by atoms with E-state index in [4.69, 9.17) is 0 Å². The second kappa shape index (κ2) is 8.14. The lowest BCUT2D eigenvalue weighted by Crippen LogP contribution is -2.42. The number of carbonyl (C=O) groups is 2. The second-order valence-electron chi connectivity index (χ2n) is 9.19. The summed E-state index contributed by atoms with van der Waals surface area (Å²) in [5.74, 6) is -0.347. The van der Waals surface area contributed by atoms with Crippen LogP contribution in [0.25, 0.3) is 11.0 Å². The van der Waals surface area contributed by atoms with Crippen LogP contribution in [0.3, 0.4) is 0 Å². The number of hydrogen-bond donors (Lipinski definition) is 1. The van der Waals surface area contributed by atoms with Crippen LogP contribution in [0, 0.1) is 0 Å². The second-order valence-corrected chi connectivity index (χ2v) is 9.19. The molecule has 0 radical (unpaired) electrons. The SMILES string of the molecule is CCC(=O)C1(c2ccc3ccnn3c2)CCC1.O=C(O)C1(c2ccc3ccnn3c2)CCC1. The minimum absolute atomic E-state index is 0.213. The van der Waals surface area contributed by atoms with Crippen molar-refractivity contribution in [3.63, 3.8) is 0 Å². The number of hydrogen-bond acceptors (Lipinski definition) is 4. The topological polar surface area (TPSA) is 89.0 Å². The summed E-state index contributed by atoms with van der Waals surface area (Å²) in [6, 6.07) is 11.8. The van der Waals surface area contributed by atoms with Crippen LogP contribution in [-0.4, -0.2) is 36.1 Å². The highest BCUT2D eigenvalue weighted by atomic mass is 16.4. The van der Waals surface area contributed by atoms with Crippen LogP contribution in [0.2, 0.25) is 0 Å². The van der Waals surface area contributed by atoms with Crippen molar-refractivity contribution in [2.75, 3.05) is 0 Å². The zero-order valence-corrected chi connectivity index (χ0v) is 18.8. The fourth-order valence-electron chi connectivity index (χ4n) is 5.15. The summed E-state index contributed by atoms with van der Waals surface area (Å²) in [7, 11) is 0. The third-order valence-electron chi connectivity index (χ3n) is 7.58. The molecule has 1 N–H and O–H groups in total. The van der Waals surface area contributed by atoms with E-state index in [1.165, 1.54) is 0 Å². The molecule has 0 unspecified atom stereocenters. The van der Waals surface area contributed by atoms with E-state index in [2.05, 4.69) is 16.3 Å². The normalized spacial score (nSPS) is 18.1. The predicted molar refractivity (Wildman–Crippen MR) is 124 cm³/mol. The maximum Gasteiger partial charge on any atom is 0.314 e. The average Bonchev–Trinajstić information content (AvgIpc) is 3.40. The van der Waals surface area contributed by atoms with E-state index in [1.807, 2.05) is 54.2 Å². The van der Waals surface area contributed by atoms with E-state index >= 15 is 0 Å². The molecule has 170 valence electrons. The van der Waals surface area contributed by atoms with Gasteiger partial charge in [-0.1, -0.05) is 31.9 Å². The van der Waals surface area contributed by atoms with Crippen LogP contribution >= 0.6 is 0 Å². The molecule has 0 amide bonds. The van der Waals surface area contributed by atoms with Gasteiger partial charge in [-0.25, -0.2) is 9.03 Å². The lowest BCUT2D eigenvalue weighted by Gasteiger charge is -2.40. The molecule has 0 atom stereocenters. The summed E-state index contributed by atoms with van der Waals surface area (Å²) in [5, 5.41) is 17.7. The smallest absolute Gasteiger partial charge is 0.314 e. The molecule has 4 heterocycles. The highest BCUT2D eigenvalue weighted by molar-refractivity contribution is 5.91. The summed E-state index contributed by atoms with van der Waals surface area (Å²) >= 11 is 0. The van der Waals surface area contributed by atoms with Gasteiger partial charge in [-0.15, -0.1) is 0 Å². The molecule has 0 aliphatic heterocycles. The van der Waals surface area contributed by atoms with Crippen molar-refractivity contribution < 1.29 is 14.7 Å². The maximum absolute atomic E-state index is 12.2. The predicted octanol–water partition coefficient (Wildman–Crippen LogP) is 4.58. The molecule has 4 aromatic heterocycles. The molecule has 2 aliphatic carbocycles. The summed E-state index contributed by atoms with van der Waals surface area (Å²) < 4.78 is 3.59. The van der Waals surface area contributed by atoms with E-state index < -0.39 is 11.4 Å². The quantitative estimate of drug-likeness (QED) is 0.487. The van der Waals surface area contributed by atoms with Gasteiger partial charge in [0.15, 0.2) is 0 Å². The molecule has 2 fully saturated rings. The van der Waals surface area contributed by atoms with E-state index in [0.29, 0.717) is 12.2 Å². The van der Waals surface area contributed by atoms with Gasteiger partial charge in [0.05, 0.1) is 21.9 Å². The number of Topliss-reactive ketones (excluding diaryl/α,β-unsaturated/α-hetero) is 1. The fourth-order valence-corrected chi connectivity index (χ4v) is 5.15. The third-order valence-corrected chi connectivity index (χ3v) is 7.58. The van der Waals surface area contributed by atoms with Crippen LogP contribution in [0.5, 0.6) is 0 Å². The largest absolute Gasteiger partial charge is 0.481 e. The van der Waals surface area contributed by atoms with Crippen LogP contribution in [0.1, 0.15) is 63.0 Å². The molecule has 0 bridgehead atoms. The van der Waals surface area contributed by atoms with Gasteiger partial charge < -0.3 is 5.11 Å². The number of fused-ring (bicyclic) bond motifs is 2. The summed E-state index contributed by atoms with van der Waals surface area (Å²) in [6.45, 7) is 1.95. The maximum atomic E-state index is 12.2. The average molecular weight is 445 g/mol. The molecular formula is C26H28N4O3. The Kier molecular flexibility index (Phi) is 5.27. The van der Waals surface area contributed by atoms with Crippen molar-refractivity contribution in [2.24, 2.45) is 0 Å². The molecule has 6 rings (SSSR count).